The monoisotopic (exact) mass is 305 g/mol. The Kier molecular flexibility index (Phi) is 4.92. The summed E-state index contributed by atoms with van der Waals surface area (Å²) >= 11 is 4.63. The van der Waals surface area contributed by atoms with E-state index >= 15 is 0 Å². The molecule has 0 saturated carbocycles. The Balaban J connectivity index is 3.19. The number of halogens is 1. The standard InChI is InChI=1S/C10H12FN3O3S2/c1-13-8(15)5-14-19(16,17)7-4-2-3-6(11)9(7)10(12)18/h2-4,14H,5H2,1H3,(H2,12,18)(H,13,15). The van der Waals surface area contributed by atoms with Crippen molar-refractivity contribution < 1.29 is 17.6 Å². The molecule has 0 spiro atoms. The van der Waals surface area contributed by atoms with Gasteiger partial charge in [-0.2, -0.15) is 0 Å². The van der Waals surface area contributed by atoms with Crippen LogP contribution in [0.25, 0.3) is 0 Å². The lowest BCUT2D eigenvalue weighted by Crippen LogP contribution is -2.36. The number of amides is 1. The first-order chi connectivity index (χ1) is 8.79. The summed E-state index contributed by atoms with van der Waals surface area (Å²) < 4.78 is 39.5. The van der Waals surface area contributed by atoms with Gasteiger partial charge in [0.1, 0.15) is 10.8 Å². The van der Waals surface area contributed by atoms with Crippen molar-refractivity contribution in [2.45, 2.75) is 4.90 Å². The topological polar surface area (TPSA) is 101 Å². The molecule has 0 unspecified atom stereocenters. The van der Waals surface area contributed by atoms with Gasteiger partial charge in [-0.3, -0.25) is 4.79 Å². The van der Waals surface area contributed by atoms with Crippen LogP contribution >= 0.6 is 12.2 Å². The van der Waals surface area contributed by atoms with E-state index in [-0.39, 0.29) is 10.6 Å². The molecule has 0 aliphatic rings. The third kappa shape index (κ3) is 3.69. The molecule has 0 saturated heterocycles. The Bertz CT molecular complexity index is 616. The van der Waals surface area contributed by atoms with E-state index in [1.807, 2.05) is 4.72 Å². The molecule has 0 aliphatic carbocycles. The number of carbonyl (C=O) groups excluding carboxylic acids is 1. The highest BCUT2D eigenvalue weighted by molar-refractivity contribution is 7.89. The quantitative estimate of drug-likeness (QED) is 0.636. The highest BCUT2D eigenvalue weighted by Crippen LogP contribution is 2.18. The fourth-order valence-electron chi connectivity index (χ4n) is 1.29. The van der Waals surface area contributed by atoms with Crippen molar-refractivity contribution in [3.05, 3.63) is 29.6 Å². The van der Waals surface area contributed by atoms with E-state index in [1.54, 1.807) is 0 Å². The van der Waals surface area contributed by atoms with E-state index in [9.17, 15) is 17.6 Å². The van der Waals surface area contributed by atoms with Gasteiger partial charge in [0.05, 0.1) is 17.0 Å². The van der Waals surface area contributed by atoms with Crippen molar-refractivity contribution in [1.29, 1.82) is 0 Å². The number of hydrogen-bond acceptors (Lipinski definition) is 4. The molecule has 4 N–H and O–H groups in total. The minimum Gasteiger partial charge on any atom is -0.389 e. The second-order valence-electron chi connectivity index (χ2n) is 3.47. The molecule has 104 valence electrons. The first kappa shape index (κ1) is 15.5. The minimum atomic E-state index is -4.08. The van der Waals surface area contributed by atoms with Crippen molar-refractivity contribution in [3.8, 4) is 0 Å². The minimum absolute atomic E-state index is 0.373. The van der Waals surface area contributed by atoms with Crippen LogP contribution in [0.5, 0.6) is 0 Å². The smallest absolute Gasteiger partial charge is 0.241 e. The fraction of sp³-hybridized carbons (Fsp3) is 0.200. The zero-order chi connectivity index (χ0) is 14.6. The summed E-state index contributed by atoms with van der Waals surface area (Å²) in [6.45, 7) is -0.466. The molecule has 1 aromatic carbocycles. The van der Waals surface area contributed by atoms with Crippen molar-refractivity contribution in [2.24, 2.45) is 5.73 Å². The number of hydrogen-bond donors (Lipinski definition) is 3. The summed E-state index contributed by atoms with van der Waals surface area (Å²) in [7, 11) is -2.72. The number of rotatable bonds is 5. The van der Waals surface area contributed by atoms with E-state index in [2.05, 4.69) is 17.5 Å². The lowest BCUT2D eigenvalue weighted by molar-refractivity contribution is -0.119. The average molecular weight is 305 g/mol. The maximum Gasteiger partial charge on any atom is 0.241 e. The Morgan fingerprint density at radius 1 is 1.47 bits per heavy atom. The molecule has 1 aromatic rings. The molecule has 0 aromatic heterocycles. The highest BCUT2D eigenvalue weighted by atomic mass is 32.2. The van der Waals surface area contributed by atoms with E-state index in [1.165, 1.54) is 13.1 Å². The van der Waals surface area contributed by atoms with Gasteiger partial charge in [-0.25, -0.2) is 17.5 Å². The van der Waals surface area contributed by atoms with Crippen molar-refractivity contribution in [2.75, 3.05) is 13.6 Å². The molecule has 0 radical (unpaired) electrons. The SMILES string of the molecule is CNC(=O)CNS(=O)(=O)c1cccc(F)c1C(N)=S. The molecule has 9 heteroatoms. The molecular formula is C10H12FN3O3S2. The van der Waals surface area contributed by atoms with E-state index in [4.69, 9.17) is 5.73 Å². The van der Waals surface area contributed by atoms with Gasteiger partial charge >= 0.3 is 0 Å². The largest absolute Gasteiger partial charge is 0.389 e. The van der Waals surface area contributed by atoms with Gasteiger partial charge < -0.3 is 11.1 Å². The zero-order valence-corrected chi connectivity index (χ0v) is 11.6. The summed E-state index contributed by atoms with van der Waals surface area (Å²) in [5.41, 5.74) is 4.94. The van der Waals surface area contributed by atoms with Crippen LogP contribution in [-0.2, 0) is 14.8 Å². The lowest BCUT2D eigenvalue weighted by Gasteiger charge is -2.10. The lowest BCUT2D eigenvalue weighted by atomic mass is 10.2. The van der Waals surface area contributed by atoms with E-state index in [0.717, 1.165) is 12.1 Å². The van der Waals surface area contributed by atoms with Gasteiger partial charge in [-0.05, 0) is 12.1 Å². The van der Waals surface area contributed by atoms with Crippen LogP contribution in [0.3, 0.4) is 0 Å². The van der Waals surface area contributed by atoms with Gasteiger partial charge in [0, 0.05) is 7.05 Å². The van der Waals surface area contributed by atoms with Crippen LogP contribution in [0.2, 0.25) is 0 Å². The first-order valence-electron chi connectivity index (χ1n) is 5.08. The molecule has 0 heterocycles. The molecule has 6 nitrogen and oxygen atoms in total. The summed E-state index contributed by atoms with van der Waals surface area (Å²) in [6, 6.07) is 3.42. The maximum absolute atomic E-state index is 13.6. The van der Waals surface area contributed by atoms with Gasteiger partial charge in [0.25, 0.3) is 0 Å². The van der Waals surface area contributed by atoms with E-state index in [0.29, 0.717) is 0 Å². The first-order valence-corrected chi connectivity index (χ1v) is 6.97. The molecule has 1 amide bonds. The van der Waals surface area contributed by atoms with Gasteiger partial charge in [-0.15, -0.1) is 0 Å². The molecule has 0 atom stereocenters. The third-order valence-corrected chi connectivity index (χ3v) is 3.86. The predicted molar refractivity (Wildman–Crippen MR) is 71.5 cm³/mol. The number of carbonyl (C=O) groups is 1. The number of benzene rings is 1. The Hall–Kier alpha value is -1.58. The van der Waals surface area contributed by atoms with Crippen LogP contribution < -0.4 is 15.8 Å². The van der Waals surface area contributed by atoms with Crippen LogP contribution in [0.15, 0.2) is 23.1 Å². The van der Waals surface area contributed by atoms with E-state index < -0.39 is 33.2 Å². The van der Waals surface area contributed by atoms with Crippen molar-refractivity contribution in [1.82, 2.24) is 10.0 Å². The summed E-state index contributed by atoms with van der Waals surface area (Å²) in [5.74, 6) is -1.37. The Morgan fingerprint density at radius 3 is 2.63 bits per heavy atom. The normalized spacial score (nSPS) is 11.1. The molecule has 0 aliphatic heterocycles. The summed E-state index contributed by atoms with van der Waals surface area (Å²) in [6.07, 6.45) is 0. The average Bonchev–Trinajstić information content (AvgIpc) is 2.35. The van der Waals surface area contributed by atoms with Gasteiger partial charge in [-0.1, -0.05) is 18.3 Å². The maximum atomic E-state index is 13.6. The number of nitrogens with two attached hydrogens (primary N) is 1. The Labute approximate surface area is 115 Å². The number of nitrogens with one attached hydrogen (secondary N) is 2. The molecule has 0 bridgehead atoms. The fourth-order valence-corrected chi connectivity index (χ4v) is 2.78. The molecule has 19 heavy (non-hydrogen) atoms. The summed E-state index contributed by atoms with van der Waals surface area (Å²) in [4.78, 5) is 10.2. The number of sulfonamides is 1. The van der Waals surface area contributed by atoms with Crippen LogP contribution in [0.1, 0.15) is 5.56 Å². The molecular weight excluding hydrogens is 293 g/mol. The van der Waals surface area contributed by atoms with Crippen molar-refractivity contribution >= 4 is 33.1 Å². The third-order valence-electron chi connectivity index (χ3n) is 2.21. The molecule has 1 rings (SSSR count). The summed E-state index contributed by atoms with van der Waals surface area (Å²) in [5, 5.41) is 2.25. The second kappa shape index (κ2) is 6.04. The Morgan fingerprint density at radius 2 is 2.11 bits per heavy atom. The van der Waals surface area contributed by atoms with Gasteiger partial charge in [0.15, 0.2) is 0 Å². The number of likely N-dealkylation sites (N-methyl/N-ethyl adjacent to an activating group) is 1. The second-order valence-corrected chi connectivity index (χ2v) is 5.65. The highest BCUT2D eigenvalue weighted by Gasteiger charge is 2.23. The zero-order valence-electron chi connectivity index (χ0n) is 9.94. The van der Waals surface area contributed by atoms with Crippen LogP contribution in [-0.4, -0.2) is 32.9 Å². The van der Waals surface area contributed by atoms with Crippen molar-refractivity contribution in [3.63, 3.8) is 0 Å². The number of thiocarbonyl (C=S) groups is 1. The van der Waals surface area contributed by atoms with Crippen LogP contribution in [0.4, 0.5) is 4.39 Å². The van der Waals surface area contributed by atoms with Crippen LogP contribution in [0, 0.1) is 5.82 Å². The molecule has 0 fully saturated rings. The van der Waals surface area contributed by atoms with Gasteiger partial charge in [0.2, 0.25) is 15.9 Å². The predicted octanol–water partition coefficient (Wildman–Crippen LogP) is -0.516.